The molecule has 0 unspecified atom stereocenters. The summed E-state index contributed by atoms with van der Waals surface area (Å²) in [5, 5.41) is 0. The third kappa shape index (κ3) is 0.878. The number of hydrogen-bond acceptors (Lipinski definition) is 0. The Kier molecular flexibility index (Phi) is 1.39. The van der Waals surface area contributed by atoms with Gasteiger partial charge in [0.2, 0.25) is 0 Å². The summed E-state index contributed by atoms with van der Waals surface area (Å²) in [6.45, 7) is 0. The molecule has 0 saturated heterocycles. The van der Waals surface area contributed by atoms with Gasteiger partial charge in [0.1, 0.15) is 0 Å². The first-order valence-electron chi connectivity index (χ1n) is 6.00. The van der Waals surface area contributed by atoms with Gasteiger partial charge in [-0.2, -0.15) is 0 Å². The monoisotopic (exact) mass is 194 g/mol. The summed E-state index contributed by atoms with van der Waals surface area (Å²) in [4.78, 5) is 0. The van der Waals surface area contributed by atoms with E-state index in [1.165, 1.54) is 25.7 Å². The van der Waals surface area contributed by atoms with Gasteiger partial charge in [0.15, 0.2) is 0 Å². The van der Waals surface area contributed by atoms with E-state index in [-0.39, 0.29) is 0 Å². The maximum absolute atomic E-state index is 2.36. The van der Waals surface area contributed by atoms with Crippen LogP contribution in [0.15, 0.2) is 57.7 Å². The van der Waals surface area contributed by atoms with E-state index in [0.29, 0.717) is 0 Å². The van der Waals surface area contributed by atoms with E-state index in [0.717, 1.165) is 6.42 Å². The molecule has 0 bridgehead atoms. The number of hydrogen-bond donors (Lipinski definition) is 0. The van der Waals surface area contributed by atoms with Crippen molar-refractivity contribution in [3.05, 3.63) is 57.7 Å². The number of fused-ring (bicyclic) bond motifs is 2. The molecule has 0 aliphatic heterocycles. The average Bonchev–Trinajstić information content (AvgIpc) is 2.85. The Morgan fingerprint density at radius 3 is 2.73 bits per heavy atom. The highest BCUT2D eigenvalue weighted by Gasteiger charge is 2.33. The Hall–Kier alpha value is -1.30. The highest BCUT2D eigenvalue weighted by molar-refractivity contribution is 5.77. The van der Waals surface area contributed by atoms with Gasteiger partial charge in [-0.1, -0.05) is 24.3 Å². The molecular formula is C15H14. The van der Waals surface area contributed by atoms with Crippen LogP contribution in [0.5, 0.6) is 0 Å². The lowest BCUT2D eigenvalue weighted by Gasteiger charge is -2.16. The smallest absolute Gasteiger partial charge is 0.00705 e. The van der Waals surface area contributed by atoms with Crippen LogP contribution in [0.1, 0.15) is 32.1 Å². The zero-order valence-corrected chi connectivity index (χ0v) is 8.84. The normalized spacial score (nSPS) is 26.7. The molecule has 0 N–H and O–H groups in total. The van der Waals surface area contributed by atoms with Crippen molar-refractivity contribution in [3.63, 3.8) is 0 Å². The maximum atomic E-state index is 2.36. The van der Waals surface area contributed by atoms with E-state index in [2.05, 4.69) is 24.3 Å². The van der Waals surface area contributed by atoms with Gasteiger partial charge in [-0.05, 0) is 65.5 Å². The van der Waals surface area contributed by atoms with Crippen LogP contribution in [0.4, 0.5) is 0 Å². The summed E-state index contributed by atoms with van der Waals surface area (Å²) >= 11 is 0. The van der Waals surface area contributed by atoms with Crippen LogP contribution in [0.3, 0.4) is 0 Å². The topological polar surface area (TPSA) is 0 Å². The molecule has 0 nitrogen and oxygen atoms in total. The van der Waals surface area contributed by atoms with E-state index in [1.54, 1.807) is 33.4 Å². The first-order valence-corrected chi connectivity index (χ1v) is 6.00. The molecular weight excluding hydrogens is 180 g/mol. The minimum atomic E-state index is 1.14. The number of allylic oxidation sites excluding steroid dienone is 10. The minimum absolute atomic E-state index is 1.14. The van der Waals surface area contributed by atoms with Crippen LogP contribution in [-0.2, 0) is 0 Å². The molecule has 15 heavy (non-hydrogen) atoms. The standard InChI is InChI=1S/C15H14/c1-2-6-12-11(5-1)13-7-3-4-10-8-9-14(12)15(10)13/h3,7-9H,1-2,4-6H2. The molecule has 0 atom stereocenters. The SMILES string of the molecule is C1=CC2=C3C(=CC=C3C3=C2CCCC3)C1. The fourth-order valence-electron chi connectivity index (χ4n) is 3.40. The zero-order chi connectivity index (χ0) is 9.83. The van der Waals surface area contributed by atoms with Crippen molar-refractivity contribution in [2.75, 3.05) is 0 Å². The van der Waals surface area contributed by atoms with Crippen LogP contribution in [0.25, 0.3) is 0 Å². The first kappa shape index (κ1) is 7.92. The van der Waals surface area contributed by atoms with Gasteiger partial charge in [-0.25, -0.2) is 0 Å². The van der Waals surface area contributed by atoms with E-state index in [9.17, 15) is 0 Å². The van der Waals surface area contributed by atoms with E-state index in [1.807, 2.05) is 0 Å². The minimum Gasteiger partial charge on any atom is -0.0795 e. The molecule has 0 fully saturated rings. The third-order valence-electron chi connectivity index (χ3n) is 4.05. The van der Waals surface area contributed by atoms with Crippen LogP contribution >= 0.6 is 0 Å². The van der Waals surface area contributed by atoms with E-state index < -0.39 is 0 Å². The quantitative estimate of drug-likeness (QED) is 0.547. The highest BCUT2D eigenvalue weighted by Crippen LogP contribution is 2.51. The van der Waals surface area contributed by atoms with Crippen molar-refractivity contribution in [2.45, 2.75) is 32.1 Å². The molecule has 4 aliphatic rings. The van der Waals surface area contributed by atoms with Gasteiger partial charge in [0.05, 0.1) is 0 Å². The second-order valence-corrected chi connectivity index (χ2v) is 4.83. The van der Waals surface area contributed by atoms with Gasteiger partial charge in [0.25, 0.3) is 0 Å². The van der Waals surface area contributed by atoms with Crippen molar-refractivity contribution in [1.29, 1.82) is 0 Å². The summed E-state index contributed by atoms with van der Waals surface area (Å²) in [5.41, 5.74) is 9.61. The second kappa shape index (κ2) is 2.63. The molecule has 0 aromatic rings. The number of rotatable bonds is 0. The maximum Gasteiger partial charge on any atom is -0.00705 e. The Morgan fingerprint density at radius 1 is 0.933 bits per heavy atom. The molecule has 4 rings (SSSR count). The molecule has 0 aromatic carbocycles. The fourth-order valence-corrected chi connectivity index (χ4v) is 3.40. The second-order valence-electron chi connectivity index (χ2n) is 4.83. The predicted molar refractivity (Wildman–Crippen MR) is 62.4 cm³/mol. The molecule has 0 spiro atoms. The third-order valence-corrected chi connectivity index (χ3v) is 4.05. The predicted octanol–water partition coefficient (Wildman–Crippen LogP) is 3.99. The van der Waals surface area contributed by atoms with Crippen LogP contribution < -0.4 is 0 Å². The van der Waals surface area contributed by atoms with Gasteiger partial charge in [-0.15, -0.1) is 0 Å². The van der Waals surface area contributed by atoms with Crippen molar-refractivity contribution in [3.8, 4) is 0 Å². The van der Waals surface area contributed by atoms with Gasteiger partial charge in [-0.3, -0.25) is 0 Å². The lowest BCUT2D eigenvalue weighted by Crippen LogP contribution is -1.97. The lowest BCUT2D eigenvalue weighted by molar-refractivity contribution is 0.691. The Labute approximate surface area is 90.4 Å². The largest absolute Gasteiger partial charge is 0.0795 e. The Bertz CT molecular complexity index is 504. The van der Waals surface area contributed by atoms with E-state index in [4.69, 9.17) is 0 Å². The Balaban J connectivity index is 1.97. The summed E-state index contributed by atoms with van der Waals surface area (Å²) in [5.74, 6) is 0. The molecule has 74 valence electrons. The molecule has 0 aromatic heterocycles. The average molecular weight is 194 g/mol. The molecule has 0 radical (unpaired) electrons. The summed E-state index contributed by atoms with van der Waals surface area (Å²) in [7, 11) is 0. The van der Waals surface area contributed by atoms with Crippen LogP contribution in [0.2, 0.25) is 0 Å². The van der Waals surface area contributed by atoms with Crippen LogP contribution in [-0.4, -0.2) is 0 Å². The van der Waals surface area contributed by atoms with Gasteiger partial charge >= 0.3 is 0 Å². The zero-order valence-electron chi connectivity index (χ0n) is 8.84. The van der Waals surface area contributed by atoms with E-state index >= 15 is 0 Å². The van der Waals surface area contributed by atoms with Gasteiger partial charge < -0.3 is 0 Å². The first-order chi connectivity index (χ1) is 7.45. The lowest BCUT2D eigenvalue weighted by atomic mass is 9.89. The van der Waals surface area contributed by atoms with Gasteiger partial charge in [0, 0.05) is 0 Å². The molecule has 0 heteroatoms. The summed E-state index contributed by atoms with van der Waals surface area (Å²) in [6.07, 6.45) is 15.9. The summed E-state index contributed by atoms with van der Waals surface area (Å²) < 4.78 is 0. The van der Waals surface area contributed by atoms with Crippen molar-refractivity contribution >= 4 is 0 Å². The summed E-state index contributed by atoms with van der Waals surface area (Å²) in [6, 6.07) is 0. The fraction of sp³-hybridized carbons (Fsp3) is 0.333. The molecule has 0 heterocycles. The van der Waals surface area contributed by atoms with Crippen molar-refractivity contribution in [1.82, 2.24) is 0 Å². The Morgan fingerprint density at radius 2 is 1.80 bits per heavy atom. The van der Waals surface area contributed by atoms with Crippen molar-refractivity contribution < 1.29 is 0 Å². The molecule has 0 saturated carbocycles. The van der Waals surface area contributed by atoms with Crippen LogP contribution in [0, 0.1) is 0 Å². The molecule has 4 aliphatic carbocycles. The molecule has 0 amide bonds. The highest BCUT2D eigenvalue weighted by atomic mass is 14.4. The van der Waals surface area contributed by atoms with Crippen molar-refractivity contribution in [2.24, 2.45) is 0 Å².